The second kappa shape index (κ2) is 111. The first-order valence-electron chi connectivity index (χ1n) is 9.66. The van der Waals surface area contributed by atoms with Crippen LogP contribution in [0.15, 0.2) is 0 Å². The number of unbranched alkanes of at least 4 members (excludes halogenated alkanes) is 6. The lowest BCUT2D eigenvalue weighted by molar-refractivity contribution is 0.702. The van der Waals surface area contributed by atoms with Crippen molar-refractivity contribution >= 4 is 0 Å². The van der Waals surface area contributed by atoms with Gasteiger partial charge in [0.2, 0.25) is 0 Å². The summed E-state index contributed by atoms with van der Waals surface area (Å²) >= 11 is 0. The lowest BCUT2D eigenvalue weighted by atomic mass is 10.2. The molecule has 0 heterocycles. The van der Waals surface area contributed by atoms with E-state index in [1.807, 2.05) is 13.8 Å². The van der Waals surface area contributed by atoms with E-state index in [4.69, 9.17) is 0 Å². The molecule has 0 spiro atoms. The molecule has 0 aromatic rings. The lowest BCUT2D eigenvalue weighted by Crippen LogP contribution is -1.66. The molecular weight excluding hydrogens is 288 g/mol. The Bertz CT molecular complexity index is 58.4. The summed E-state index contributed by atoms with van der Waals surface area (Å²) in [5, 5.41) is 0. The molecular formula is C24H66. The van der Waals surface area contributed by atoms with Gasteiger partial charge in [-0.2, -0.15) is 0 Å². The van der Waals surface area contributed by atoms with Gasteiger partial charge in [-0.05, 0) is 0 Å². The molecule has 0 amide bonds. The Balaban J connectivity index is -0.0000000167. The predicted octanol–water partition coefficient (Wildman–Crippen LogP) is 11.6. The molecule has 0 N–H and O–H groups in total. The van der Waals surface area contributed by atoms with Crippen LogP contribution in [0.25, 0.3) is 0 Å². The zero-order chi connectivity index (χ0) is 17.1. The van der Waals surface area contributed by atoms with Crippen molar-refractivity contribution in [2.24, 2.45) is 0 Å². The van der Waals surface area contributed by atoms with Gasteiger partial charge in [0, 0.05) is 0 Å². The van der Waals surface area contributed by atoms with Crippen LogP contribution in [0.2, 0.25) is 0 Å². The van der Waals surface area contributed by atoms with Gasteiger partial charge in [-0.3, -0.25) is 0 Å². The van der Waals surface area contributed by atoms with Crippen LogP contribution >= 0.6 is 0 Å². The fourth-order valence-corrected chi connectivity index (χ4v) is 0.854. The molecule has 0 aliphatic heterocycles. The molecule has 0 saturated carbocycles. The minimum atomic E-state index is 0. The number of hydrogen-bond acceptors (Lipinski definition) is 0. The highest BCUT2D eigenvalue weighted by molar-refractivity contribution is 4.31. The van der Waals surface area contributed by atoms with E-state index in [1.165, 1.54) is 64.2 Å². The molecule has 0 unspecified atom stereocenters. The second-order valence-corrected chi connectivity index (χ2v) is 4.77. The molecule has 162 valence electrons. The van der Waals surface area contributed by atoms with Crippen LogP contribution in [-0.2, 0) is 0 Å². The molecule has 0 aliphatic carbocycles. The van der Waals surface area contributed by atoms with Crippen LogP contribution in [0, 0.1) is 0 Å². The fraction of sp³-hybridized carbons (Fsp3) is 1.00. The zero-order valence-corrected chi connectivity index (χ0v) is 17.1. The first kappa shape index (κ1) is 56.4. The minimum absolute atomic E-state index is 0. The Labute approximate surface area is 163 Å². The van der Waals surface area contributed by atoms with Crippen molar-refractivity contribution in [3.63, 3.8) is 0 Å². The maximum absolute atomic E-state index is 2.23. The maximum atomic E-state index is 2.23. The van der Waals surface area contributed by atoms with Crippen molar-refractivity contribution in [2.45, 2.75) is 163 Å². The van der Waals surface area contributed by atoms with Crippen molar-refractivity contribution in [3.8, 4) is 0 Å². The third-order valence-electron chi connectivity index (χ3n) is 2.16. The quantitative estimate of drug-likeness (QED) is 0.416. The standard InChI is InChI=1S/C6H14.C5H12.C4H10.C3H8.C2H6.4CH4/c1-3-5-6-4-2;1-3-5-4-2;1-3-4-2;1-3-2;1-2;;;;/h3-6H2,1-2H3;3-5H2,1-2H3;3-4H2,1-2H3;3H2,1-2H3;1-2H3;4*1H4. The van der Waals surface area contributed by atoms with E-state index in [0.717, 1.165) is 0 Å². The van der Waals surface area contributed by atoms with Crippen molar-refractivity contribution < 1.29 is 0 Å². The predicted molar refractivity (Wildman–Crippen MR) is 130 cm³/mol. The molecule has 0 rings (SSSR count). The van der Waals surface area contributed by atoms with Crippen LogP contribution in [0.1, 0.15) is 163 Å². The average Bonchev–Trinajstić information content (AvgIpc) is 2.49. The van der Waals surface area contributed by atoms with Crippen molar-refractivity contribution in [2.75, 3.05) is 0 Å². The second-order valence-electron chi connectivity index (χ2n) is 4.77. The normalized spacial score (nSPS) is 6.25. The van der Waals surface area contributed by atoms with Gasteiger partial charge in [-0.25, -0.2) is 0 Å². The van der Waals surface area contributed by atoms with Gasteiger partial charge in [-0.15, -0.1) is 0 Å². The number of hydrogen-bond donors (Lipinski definition) is 0. The van der Waals surface area contributed by atoms with Crippen molar-refractivity contribution in [3.05, 3.63) is 0 Å². The Hall–Kier alpha value is 0. The van der Waals surface area contributed by atoms with Gasteiger partial charge in [0.15, 0.2) is 0 Å². The topological polar surface area (TPSA) is 0 Å². The van der Waals surface area contributed by atoms with Gasteiger partial charge in [0.05, 0.1) is 0 Å². The molecule has 0 aromatic carbocycles. The molecule has 0 aromatic heterocycles. The third kappa shape index (κ3) is 270. The van der Waals surface area contributed by atoms with Gasteiger partial charge in [0.1, 0.15) is 0 Å². The SMILES string of the molecule is C.C.C.C.CC.CCC.CCCC.CCCCC.CCCCCC. The van der Waals surface area contributed by atoms with Gasteiger partial charge >= 0.3 is 0 Å². The van der Waals surface area contributed by atoms with Crippen LogP contribution in [0.5, 0.6) is 0 Å². The Morgan fingerprint density at radius 3 is 0.542 bits per heavy atom. The fourth-order valence-electron chi connectivity index (χ4n) is 0.854. The van der Waals surface area contributed by atoms with E-state index in [0.29, 0.717) is 0 Å². The first-order valence-corrected chi connectivity index (χ1v) is 9.66. The highest BCUT2D eigenvalue weighted by atomic mass is 13.8. The summed E-state index contributed by atoms with van der Waals surface area (Å²) in [5.41, 5.74) is 0. The van der Waals surface area contributed by atoms with E-state index in [9.17, 15) is 0 Å². The molecule has 24 heavy (non-hydrogen) atoms. The van der Waals surface area contributed by atoms with Crippen LogP contribution in [0.4, 0.5) is 0 Å². The lowest BCUT2D eigenvalue weighted by Gasteiger charge is -1.86. The highest BCUT2D eigenvalue weighted by Crippen LogP contribution is 1.95. The molecule has 0 atom stereocenters. The van der Waals surface area contributed by atoms with Crippen LogP contribution < -0.4 is 0 Å². The summed E-state index contributed by atoms with van der Waals surface area (Å²) in [6.07, 6.45) is 13.5. The van der Waals surface area contributed by atoms with E-state index < -0.39 is 0 Å². The van der Waals surface area contributed by atoms with Crippen LogP contribution in [-0.4, -0.2) is 0 Å². The van der Waals surface area contributed by atoms with Gasteiger partial charge < -0.3 is 0 Å². The van der Waals surface area contributed by atoms with E-state index in [1.54, 1.807) is 0 Å². The Morgan fingerprint density at radius 1 is 0.333 bits per heavy atom. The summed E-state index contributed by atoms with van der Waals surface area (Å²) < 4.78 is 0. The summed E-state index contributed by atoms with van der Waals surface area (Å²) in [7, 11) is 0. The third-order valence-corrected chi connectivity index (χ3v) is 2.16. The summed E-state index contributed by atoms with van der Waals surface area (Å²) in [6, 6.07) is 0. The summed E-state index contributed by atoms with van der Waals surface area (Å²) in [5.74, 6) is 0. The Kier molecular flexibility index (Phi) is 262. The minimum Gasteiger partial charge on any atom is -0.0776 e. The van der Waals surface area contributed by atoms with E-state index in [2.05, 4.69) is 55.4 Å². The van der Waals surface area contributed by atoms with E-state index >= 15 is 0 Å². The molecule has 0 heteroatoms. The van der Waals surface area contributed by atoms with Gasteiger partial charge in [0.25, 0.3) is 0 Å². The maximum Gasteiger partial charge on any atom is -0.0536 e. The smallest absolute Gasteiger partial charge is 0.0536 e. The molecule has 0 aliphatic rings. The Morgan fingerprint density at radius 2 is 0.500 bits per heavy atom. The molecule has 0 fully saturated rings. The average molecular weight is 355 g/mol. The zero-order valence-electron chi connectivity index (χ0n) is 17.1. The highest BCUT2D eigenvalue weighted by Gasteiger charge is 1.75. The summed E-state index contributed by atoms with van der Waals surface area (Å²) in [6.45, 7) is 21.5. The first-order chi connectivity index (χ1) is 9.66. The number of rotatable bonds is 6. The van der Waals surface area contributed by atoms with Crippen LogP contribution in [0.3, 0.4) is 0 Å². The van der Waals surface area contributed by atoms with Gasteiger partial charge in [-0.1, -0.05) is 163 Å². The molecule has 0 bridgehead atoms. The molecule has 0 saturated heterocycles. The molecule has 0 nitrogen and oxygen atoms in total. The van der Waals surface area contributed by atoms with Crippen molar-refractivity contribution in [1.29, 1.82) is 0 Å². The summed E-state index contributed by atoms with van der Waals surface area (Å²) in [4.78, 5) is 0. The van der Waals surface area contributed by atoms with Crippen molar-refractivity contribution in [1.82, 2.24) is 0 Å². The monoisotopic (exact) mass is 355 g/mol. The molecule has 0 radical (unpaired) electrons. The van der Waals surface area contributed by atoms with E-state index in [-0.39, 0.29) is 29.7 Å². The largest absolute Gasteiger partial charge is 0.0776 e.